The Morgan fingerprint density at radius 1 is 1.24 bits per heavy atom. The average Bonchev–Trinajstić information content (AvgIpc) is 2.63. The summed E-state index contributed by atoms with van der Waals surface area (Å²) < 4.78 is 1.87. The Hall–Kier alpha value is -2.44. The number of amides is 2. The van der Waals surface area contributed by atoms with Gasteiger partial charge in [0.1, 0.15) is 23.3 Å². The largest absolute Gasteiger partial charge is 0.383 e. The first kappa shape index (κ1) is 13.5. The molecule has 1 fully saturated rings. The third-order valence-electron chi connectivity index (χ3n) is 4.06. The molecule has 0 radical (unpaired) electrons. The van der Waals surface area contributed by atoms with Crippen LogP contribution in [0.1, 0.15) is 36.0 Å². The molecular formula is C14H17N5O2. The van der Waals surface area contributed by atoms with Crippen LogP contribution in [0.3, 0.4) is 0 Å². The molecule has 0 bridgehead atoms. The average molecular weight is 287 g/mol. The van der Waals surface area contributed by atoms with Gasteiger partial charge < -0.3 is 10.3 Å². The predicted octanol–water partition coefficient (Wildman–Crippen LogP) is 0.916. The van der Waals surface area contributed by atoms with E-state index in [0.29, 0.717) is 30.1 Å². The number of rotatable bonds is 1. The Labute approximate surface area is 121 Å². The van der Waals surface area contributed by atoms with Gasteiger partial charge >= 0.3 is 0 Å². The molecule has 0 spiro atoms. The van der Waals surface area contributed by atoms with E-state index >= 15 is 0 Å². The van der Waals surface area contributed by atoms with E-state index in [1.54, 1.807) is 6.92 Å². The molecule has 0 aromatic carbocycles. The molecule has 7 nitrogen and oxygen atoms in total. The number of nitrogens with two attached hydrogens (primary N) is 1. The molecule has 1 atom stereocenters. The molecule has 2 aromatic heterocycles. The maximum Gasteiger partial charge on any atom is 0.249 e. The standard InChI is InChI=1S/C14H17N5O2/c1-6-7(2)19(9-4-5-10(20)18-14(9)21)13-11(6)12(15)16-8(3)17-13/h9H,4-5H2,1-3H3,(H2,15,16,17)(H,18,20,21). The van der Waals surface area contributed by atoms with Crippen LogP contribution in [0.25, 0.3) is 11.0 Å². The molecule has 2 aromatic rings. The minimum absolute atomic E-state index is 0.229. The summed E-state index contributed by atoms with van der Waals surface area (Å²) in [5, 5.41) is 3.17. The second-order valence-corrected chi connectivity index (χ2v) is 5.40. The molecule has 1 saturated heterocycles. The van der Waals surface area contributed by atoms with Crippen LogP contribution < -0.4 is 11.1 Å². The molecule has 7 heteroatoms. The molecule has 1 unspecified atom stereocenters. The van der Waals surface area contributed by atoms with E-state index in [0.717, 1.165) is 16.6 Å². The molecule has 2 amide bonds. The normalized spacial score (nSPS) is 19.1. The van der Waals surface area contributed by atoms with Crippen molar-refractivity contribution in [3.05, 3.63) is 17.1 Å². The minimum atomic E-state index is -0.437. The van der Waals surface area contributed by atoms with Crippen molar-refractivity contribution in [3.8, 4) is 0 Å². The smallest absolute Gasteiger partial charge is 0.249 e. The summed E-state index contributed by atoms with van der Waals surface area (Å²) >= 11 is 0. The number of nitrogens with zero attached hydrogens (tertiary/aromatic N) is 3. The van der Waals surface area contributed by atoms with Crippen LogP contribution in [-0.2, 0) is 9.59 Å². The number of hydrogen-bond acceptors (Lipinski definition) is 5. The van der Waals surface area contributed by atoms with Crippen molar-refractivity contribution < 1.29 is 9.59 Å². The summed E-state index contributed by atoms with van der Waals surface area (Å²) in [6.07, 6.45) is 0.797. The number of hydrogen-bond donors (Lipinski definition) is 2. The van der Waals surface area contributed by atoms with Gasteiger partial charge in [-0.3, -0.25) is 14.9 Å². The Bertz CT molecular complexity index is 777. The molecule has 1 aliphatic rings. The fourth-order valence-corrected chi connectivity index (χ4v) is 2.94. The molecule has 3 heterocycles. The van der Waals surface area contributed by atoms with Crippen molar-refractivity contribution in [3.63, 3.8) is 0 Å². The number of fused-ring (bicyclic) bond motifs is 1. The first-order valence-electron chi connectivity index (χ1n) is 6.85. The fraction of sp³-hybridized carbons (Fsp3) is 0.429. The van der Waals surface area contributed by atoms with E-state index in [9.17, 15) is 9.59 Å². The SMILES string of the molecule is Cc1nc(N)c2c(C)c(C)n(C3CCC(=O)NC3=O)c2n1. The van der Waals surface area contributed by atoms with Gasteiger partial charge in [-0.25, -0.2) is 9.97 Å². The number of nitrogens with one attached hydrogen (secondary N) is 1. The van der Waals surface area contributed by atoms with Crippen LogP contribution in [0.5, 0.6) is 0 Å². The number of imide groups is 1. The Morgan fingerprint density at radius 3 is 2.62 bits per heavy atom. The Kier molecular flexibility index (Phi) is 2.93. The highest BCUT2D eigenvalue weighted by atomic mass is 16.2. The molecule has 21 heavy (non-hydrogen) atoms. The monoisotopic (exact) mass is 287 g/mol. The first-order chi connectivity index (χ1) is 9.90. The second-order valence-electron chi connectivity index (χ2n) is 5.40. The van der Waals surface area contributed by atoms with E-state index in [1.807, 2.05) is 18.4 Å². The Morgan fingerprint density at radius 2 is 1.95 bits per heavy atom. The Balaban J connectivity index is 2.25. The second kappa shape index (κ2) is 4.54. The van der Waals surface area contributed by atoms with Gasteiger partial charge in [0.2, 0.25) is 11.8 Å². The van der Waals surface area contributed by atoms with E-state index in [1.165, 1.54) is 0 Å². The summed E-state index contributed by atoms with van der Waals surface area (Å²) in [5.74, 6) is 0.462. The van der Waals surface area contributed by atoms with E-state index in [-0.39, 0.29) is 11.8 Å². The highest BCUT2D eigenvalue weighted by Gasteiger charge is 2.31. The zero-order valence-electron chi connectivity index (χ0n) is 12.2. The van der Waals surface area contributed by atoms with Crippen molar-refractivity contribution in [1.82, 2.24) is 19.9 Å². The van der Waals surface area contributed by atoms with E-state index < -0.39 is 6.04 Å². The molecule has 110 valence electrons. The molecule has 0 aliphatic carbocycles. The molecular weight excluding hydrogens is 270 g/mol. The van der Waals surface area contributed by atoms with Crippen LogP contribution >= 0.6 is 0 Å². The van der Waals surface area contributed by atoms with Gasteiger partial charge in [-0.15, -0.1) is 0 Å². The third-order valence-corrected chi connectivity index (χ3v) is 4.06. The maximum absolute atomic E-state index is 12.2. The topological polar surface area (TPSA) is 103 Å². The van der Waals surface area contributed by atoms with Crippen LogP contribution in [-0.4, -0.2) is 26.3 Å². The lowest BCUT2D eigenvalue weighted by Crippen LogP contribution is -2.42. The zero-order chi connectivity index (χ0) is 15.3. The lowest BCUT2D eigenvalue weighted by atomic mass is 10.1. The van der Waals surface area contributed by atoms with Crippen molar-refractivity contribution in [2.24, 2.45) is 0 Å². The van der Waals surface area contributed by atoms with E-state index in [4.69, 9.17) is 5.73 Å². The van der Waals surface area contributed by atoms with Crippen LogP contribution in [0, 0.1) is 20.8 Å². The fourth-order valence-electron chi connectivity index (χ4n) is 2.94. The molecule has 0 saturated carbocycles. The highest BCUT2D eigenvalue weighted by Crippen LogP contribution is 2.32. The molecule has 1 aliphatic heterocycles. The van der Waals surface area contributed by atoms with Gasteiger partial charge in [0.05, 0.1) is 5.39 Å². The van der Waals surface area contributed by atoms with Crippen molar-refractivity contribution in [2.45, 2.75) is 39.7 Å². The van der Waals surface area contributed by atoms with Crippen LogP contribution in [0.4, 0.5) is 5.82 Å². The first-order valence-corrected chi connectivity index (χ1v) is 6.85. The summed E-state index contributed by atoms with van der Waals surface area (Å²) in [7, 11) is 0. The van der Waals surface area contributed by atoms with Gasteiger partial charge in [0, 0.05) is 12.1 Å². The summed E-state index contributed by atoms with van der Waals surface area (Å²) in [6.45, 7) is 5.63. The molecule has 3 rings (SSSR count). The van der Waals surface area contributed by atoms with Gasteiger partial charge in [-0.2, -0.15) is 0 Å². The number of nitrogen functional groups attached to an aromatic ring is 1. The summed E-state index contributed by atoms with van der Waals surface area (Å²) in [6, 6.07) is -0.437. The molecule has 3 N–H and O–H groups in total. The number of carbonyl (C=O) groups is 2. The summed E-state index contributed by atoms with van der Waals surface area (Å²) in [4.78, 5) is 32.1. The minimum Gasteiger partial charge on any atom is -0.383 e. The van der Waals surface area contributed by atoms with Crippen LogP contribution in [0.2, 0.25) is 0 Å². The maximum atomic E-state index is 12.2. The third kappa shape index (κ3) is 1.96. The van der Waals surface area contributed by atoms with Crippen molar-refractivity contribution in [2.75, 3.05) is 5.73 Å². The number of anilines is 1. The number of carbonyl (C=O) groups excluding carboxylic acids is 2. The van der Waals surface area contributed by atoms with Gasteiger partial charge in [0.25, 0.3) is 0 Å². The zero-order valence-corrected chi connectivity index (χ0v) is 12.2. The number of piperidine rings is 1. The summed E-state index contributed by atoms with van der Waals surface area (Å²) in [5.41, 5.74) is 8.55. The van der Waals surface area contributed by atoms with Gasteiger partial charge in [-0.1, -0.05) is 0 Å². The van der Waals surface area contributed by atoms with E-state index in [2.05, 4.69) is 15.3 Å². The van der Waals surface area contributed by atoms with Crippen LogP contribution in [0.15, 0.2) is 0 Å². The van der Waals surface area contributed by atoms with Crippen molar-refractivity contribution >= 4 is 28.7 Å². The number of aromatic nitrogens is 3. The van der Waals surface area contributed by atoms with Crippen molar-refractivity contribution in [1.29, 1.82) is 0 Å². The van der Waals surface area contributed by atoms with Gasteiger partial charge in [-0.05, 0) is 32.8 Å². The highest BCUT2D eigenvalue weighted by molar-refractivity contribution is 6.01. The quantitative estimate of drug-likeness (QED) is 0.759. The predicted molar refractivity (Wildman–Crippen MR) is 77.6 cm³/mol. The number of aryl methyl sites for hydroxylation is 2. The van der Waals surface area contributed by atoms with Gasteiger partial charge in [0.15, 0.2) is 0 Å². The lowest BCUT2D eigenvalue weighted by Gasteiger charge is -2.24. The lowest BCUT2D eigenvalue weighted by molar-refractivity contribution is -0.135.